The molecule has 4 N–H and O–H groups in total. The van der Waals surface area contributed by atoms with E-state index >= 15 is 0 Å². The molecule has 0 fully saturated rings. The summed E-state index contributed by atoms with van der Waals surface area (Å²) in [5.74, 6) is -0.174. The molecule has 0 spiro atoms. The molecule has 2 aliphatic heterocycles. The number of amidine groups is 2. The van der Waals surface area contributed by atoms with Gasteiger partial charge in [-0.25, -0.2) is 23.4 Å². The molecule has 11 nitrogen and oxygen atoms in total. The molecule has 42 heavy (non-hydrogen) atoms. The van der Waals surface area contributed by atoms with Crippen LogP contribution in [0.3, 0.4) is 0 Å². The number of sulfonamides is 1. The Morgan fingerprint density at radius 3 is 2.55 bits per heavy atom. The summed E-state index contributed by atoms with van der Waals surface area (Å²) in [5.41, 5.74) is 2.22. The van der Waals surface area contributed by atoms with E-state index in [1.54, 1.807) is 23.5 Å². The zero-order valence-corrected chi connectivity index (χ0v) is 24.8. The van der Waals surface area contributed by atoms with Crippen LogP contribution in [-0.4, -0.2) is 60.4 Å². The number of primary sulfonamides is 1. The number of nitrogens with zero attached hydrogens (tertiary/aromatic N) is 3. The van der Waals surface area contributed by atoms with Crippen molar-refractivity contribution in [1.82, 2.24) is 15.5 Å². The fourth-order valence-corrected chi connectivity index (χ4v) is 6.41. The number of hydrogen-bond donors (Lipinski definition) is 3. The third-order valence-corrected chi connectivity index (χ3v) is 9.30. The molecular weight excluding hydrogens is 597 g/mol. The summed E-state index contributed by atoms with van der Waals surface area (Å²) in [7, 11) is -3.76. The van der Waals surface area contributed by atoms with Gasteiger partial charge in [0, 0.05) is 23.4 Å². The second-order valence-corrected chi connectivity index (χ2v) is 13.1. The molecule has 0 saturated carbocycles. The molecule has 3 aromatic rings. The second kappa shape index (κ2) is 13.0. The largest absolute Gasteiger partial charge is 0.355 e. The van der Waals surface area contributed by atoms with Gasteiger partial charge in [0.1, 0.15) is 11.9 Å². The molecule has 0 saturated heterocycles. The fourth-order valence-electron chi connectivity index (χ4n) is 4.42. The van der Waals surface area contributed by atoms with Crippen molar-refractivity contribution in [1.29, 1.82) is 0 Å². The Morgan fingerprint density at radius 1 is 1.02 bits per heavy atom. The number of fused-ring (bicyclic) bond motifs is 3. The van der Waals surface area contributed by atoms with Crippen molar-refractivity contribution >= 4 is 67.5 Å². The van der Waals surface area contributed by atoms with E-state index in [2.05, 4.69) is 20.6 Å². The Balaban J connectivity index is 1.16. The molecule has 1 aromatic heterocycles. The Hall–Kier alpha value is -3.85. The molecule has 0 bridgehead atoms. The highest BCUT2D eigenvalue weighted by atomic mass is 32.2. The highest BCUT2D eigenvalue weighted by Gasteiger charge is 2.41. The van der Waals surface area contributed by atoms with E-state index in [1.807, 2.05) is 41.8 Å². The van der Waals surface area contributed by atoms with Gasteiger partial charge in [-0.05, 0) is 54.1 Å². The highest BCUT2D eigenvalue weighted by molar-refractivity contribution is 8.14. The van der Waals surface area contributed by atoms with Gasteiger partial charge in [-0.3, -0.25) is 19.4 Å². The normalized spacial score (nSPS) is 15.9. The van der Waals surface area contributed by atoms with Crippen molar-refractivity contribution in [2.24, 2.45) is 15.1 Å². The third kappa shape index (κ3) is 7.13. The SMILES string of the molecule is NS(=O)(=O)c1ccc(CCNC(=O)CSC2=Nc3ccccc3C3=NC(CCC(=O)NCc4cccs4)C(=O)N23)cc1. The van der Waals surface area contributed by atoms with Crippen molar-refractivity contribution in [3.8, 4) is 0 Å². The number of carbonyl (C=O) groups is 3. The fraction of sp³-hybridized carbons (Fsp3) is 0.250. The number of thioether (sulfide) groups is 1. The first kappa shape index (κ1) is 29.6. The first-order valence-corrected chi connectivity index (χ1v) is 16.5. The highest BCUT2D eigenvalue weighted by Crippen LogP contribution is 2.34. The summed E-state index contributed by atoms with van der Waals surface area (Å²) in [6.45, 7) is 0.791. The maximum Gasteiger partial charge on any atom is 0.259 e. The number of thiophene rings is 1. The molecule has 2 aliphatic rings. The van der Waals surface area contributed by atoms with E-state index in [1.165, 1.54) is 17.0 Å². The molecule has 3 heterocycles. The molecule has 5 rings (SSSR count). The van der Waals surface area contributed by atoms with Crippen molar-refractivity contribution in [3.63, 3.8) is 0 Å². The second-order valence-electron chi connectivity index (χ2n) is 9.53. The molecule has 0 aliphatic carbocycles. The number of carbonyl (C=O) groups excluding carboxylic acids is 3. The first-order chi connectivity index (χ1) is 20.2. The monoisotopic (exact) mass is 624 g/mol. The lowest BCUT2D eigenvalue weighted by atomic mass is 10.1. The minimum Gasteiger partial charge on any atom is -0.355 e. The van der Waals surface area contributed by atoms with E-state index in [0.717, 1.165) is 27.8 Å². The van der Waals surface area contributed by atoms with Crippen LogP contribution in [0, 0.1) is 0 Å². The predicted molar refractivity (Wildman–Crippen MR) is 163 cm³/mol. The summed E-state index contributed by atoms with van der Waals surface area (Å²) < 4.78 is 22.8. The Kier molecular flexibility index (Phi) is 9.16. The van der Waals surface area contributed by atoms with Crippen LogP contribution in [0.4, 0.5) is 5.69 Å². The zero-order chi connectivity index (χ0) is 29.7. The number of hydrogen-bond acceptors (Lipinski definition) is 9. The van der Waals surface area contributed by atoms with Crippen molar-refractivity contribution in [2.75, 3.05) is 12.3 Å². The van der Waals surface area contributed by atoms with Gasteiger partial charge < -0.3 is 10.6 Å². The van der Waals surface area contributed by atoms with Crippen molar-refractivity contribution in [2.45, 2.75) is 36.7 Å². The standard InChI is InChI=1S/C28H28N6O5S3/c29-42(38,39)20-9-7-18(8-10-20)13-14-30-25(36)17-41-28-33-22-6-2-1-5-21(22)26-32-23(27(37)34(26)28)11-12-24(35)31-16-19-4-3-15-40-19/h1-10,15,23H,11-14,16-17H2,(H,30,36)(H,31,35)(H2,29,38,39). The topological polar surface area (TPSA) is 163 Å². The van der Waals surface area contributed by atoms with E-state index in [9.17, 15) is 22.8 Å². The lowest BCUT2D eigenvalue weighted by Crippen LogP contribution is -2.42. The molecule has 14 heteroatoms. The maximum atomic E-state index is 13.4. The van der Waals surface area contributed by atoms with E-state index < -0.39 is 16.1 Å². The molecule has 0 radical (unpaired) electrons. The quantitative estimate of drug-likeness (QED) is 0.297. The van der Waals surface area contributed by atoms with Crippen LogP contribution in [0.5, 0.6) is 0 Å². The summed E-state index contributed by atoms with van der Waals surface area (Å²) in [4.78, 5) is 50.3. The van der Waals surface area contributed by atoms with E-state index in [-0.39, 0.29) is 41.2 Å². The smallest absolute Gasteiger partial charge is 0.259 e. The summed E-state index contributed by atoms with van der Waals surface area (Å²) in [5, 5.41) is 13.1. The van der Waals surface area contributed by atoms with Gasteiger partial charge in [0.15, 0.2) is 5.17 Å². The first-order valence-electron chi connectivity index (χ1n) is 13.1. The van der Waals surface area contributed by atoms with Gasteiger partial charge in [0.2, 0.25) is 21.8 Å². The number of benzene rings is 2. The summed E-state index contributed by atoms with van der Waals surface area (Å²) >= 11 is 2.70. The zero-order valence-electron chi connectivity index (χ0n) is 22.4. The lowest BCUT2D eigenvalue weighted by Gasteiger charge is -2.25. The van der Waals surface area contributed by atoms with E-state index in [0.29, 0.717) is 36.2 Å². The average Bonchev–Trinajstić information content (AvgIpc) is 3.61. The van der Waals surface area contributed by atoms with E-state index in [4.69, 9.17) is 5.14 Å². The van der Waals surface area contributed by atoms with Crippen molar-refractivity contribution < 1.29 is 22.8 Å². The van der Waals surface area contributed by atoms with Gasteiger partial charge in [0.05, 0.1) is 22.9 Å². The van der Waals surface area contributed by atoms with Crippen LogP contribution in [0.1, 0.15) is 28.8 Å². The van der Waals surface area contributed by atoms with Crippen LogP contribution in [0.2, 0.25) is 0 Å². The number of nitrogens with two attached hydrogens (primary N) is 1. The minimum absolute atomic E-state index is 0.0260. The van der Waals surface area contributed by atoms with Crippen molar-refractivity contribution in [3.05, 3.63) is 82.0 Å². The molecule has 2 aromatic carbocycles. The Labute approximate surface area is 251 Å². The number of amides is 3. The molecule has 3 amide bonds. The maximum absolute atomic E-state index is 13.4. The lowest BCUT2D eigenvalue weighted by molar-refractivity contribution is -0.125. The van der Waals surface area contributed by atoms with Crippen LogP contribution >= 0.6 is 23.1 Å². The minimum atomic E-state index is -3.76. The number of rotatable bonds is 11. The Bertz CT molecular complexity index is 1650. The van der Waals surface area contributed by atoms with Gasteiger partial charge in [-0.15, -0.1) is 11.3 Å². The summed E-state index contributed by atoms with van der Waals surface area (Å²) in [6, 6.07) is 16.7. The average molecular weight is 625 g/mol. The van der Waals surface area contributed by atoms with Crippen LogP contribution in [0.25, 0.3) is 0 Å². The van der Waals surface area contributed by atoms with Crippen LogP contribution < -0.4 is 15.8 Å². The molecule has 218 valence electrons. The number of para-hydroxylation sites is 1. The molecule has 1 unspecified atom stereocenters. The molecular formula is C28H28N6O5S3. The summed E-state index contributed by atoms with van der Waals surface area (Å²) in [6.07, 6.45) is 0.911. The predicted octanol–water partition coefficient (Wildman–Crippen LogP) is 2.54. The number of nitrogens with one attached hydrogen (secondary N) is 2. The third-order valence-electron chi connectivity index (χ3n) is 6.55. The van der Waals surface area contributed by atoms with Gasteiger partial charge in [0.25, 0.3) is 5.91 Å². The van der Waals surface area contributed by atoms with Crippen LogP contribution in [-0.2, 0) is 37.4 Å². The van der Waals surface area contributed by atoms with Gasteiger partial charge in [-0.1, -0.05) is 42.1 Å². The van der Waals surface area contributed by atoms with Gasteiger partial charge in [-0.2, -0.15) is 0 Å². The molecule has 1 atom stereocenters. The number of aliphatic imine (C=N–C) groups is 2. The Morgan fingerprint density at radius 2 is 1.81 bits per heavy atom. The van der Waals surface area contributed by atoms with Crippen LogP contribution in [0.15, 0.2) is 80.9 Å². The van der Waals surface area contributed by atoms with Gasteiger partial charge >= 0.3 is 0 Å².